The van der Waals surface area contributed by atoms with Crippen LogP contribution in [-0.2, 0) is 6.54 Å². The van der Waals surface area contributed by atoms with Crippen molar-refractivity contribution in [2.24, 2.45) is 5.92 Å². The molecular weight excluding hydrogens is 222 g/mol. The number of benzene rings is 1. The van der Waals surface area contributed by atoms with E-state index in [-0.39, 0.29) is 0 Å². The van der Waals surface area contributed by atoms with Crippen molar-refractivity contribution < 1.29 is 0 Å². The molecule has 0 aliphatic carbocycles. The third kappa shape index (κ3) is 2.73. The molecule has 3 nitrogen and oxygen atoms in total. The third-order valence-electron chi connectivity index (χ3n) is 2.84. The minimum Gasteiger partial charge on any atom is -0.396 e. The summed E-state index contributed by atoms with van der Waals surface area (Å²) in [6.45, 7) is 9.44. The minimum absolute atomic E-state index is 0.566. The van der Waals surface area contributed by atoms with Gasteiger partial charge < -0.3 is 5.73 Å². The van der Waals surface area contributed by atoms with E-state index < -0.39 is 0 Å². The Labute approximate surface area is 109 Å². The molecule has 18 heavy (non-hydrogen) atoms. The van der Waals surface area contributed by atoms with E-state index in [0.717, 1.165) is 23.5 Å². The number of nitrogens with zero attached hydrogens (tertiary/aromatic N) is 2. The Kier molecular flexibility index (Phi) is 3.41. The standard InChI is InChI=1S/C15H21N3/c1-10(2)8-18-9-14(16)15(17-18)13-6-11(3)5-12(4)7-13/h5-7,9-10H,8,16H2,1-4H3. The molecule has 0 spiro atoms. The largest absolute Gasteiger partial charge is 0.396 e. The summed E-state index contributed by atoms with van der Waals surface area (Å²) >= 11 is 0. The fraction of sp³-hybridized carbons (Fsp3) is 0.400. The van der Waals surface area contributed by atoms with E-state index in [9.17, 15) is 0 Å². The van der Waals surface area contributed by atoms with Crippen LogP contribution in [0.4, 0.5) is 5.69 Å². The lowest BCUT2D eigenvalue weighted by molar-refractivity contribution is 0.484. The van der Waals surface area contributed by atoms with Gasteiger partial charge in [-0.05, 0) is 31.9 Å². The van der Waals surface area contributed by atoms with Crippen LogP contribution in [0.25, 0.3) is 11.3 Å². The monoisotopic (exact) mass is 243 g/mol. The lowest BCUT2D eigenvalue weighted by Crippen LogP contribution is -2.04. The summed E-state index contributed by atoms with van der Waals surface area (Å²) < 4.78 is 1.94. The van der Waals surface area contributed by atoms with Gasteiger partial charge in [0, 0.05) is 18.3 Å². The van der Waals surface area contributed by atoms with Crippen molar-refractivity contribution in [1.29, 1.82) is 0 Å². The molecule has 0 atom stereocenters. The highest BCUT2D eigenvalue weighted by molar-refractivity contribution is 5.72. The molecule has 0 unspecified atom stereocenters. The smallest absolute Gasteiger partial charge is 0.115 e. The van der Waals surface area contributed by atoms with Gasteiger partial charge in [-0.25, -0.2) is 0 Å². The maximum absolute atomic E-state index is 6.07. The fourth-order valence-corrected chi connectivity index (χ4v) is 2.24. The summed E-state index contributed by atoms with van der Waals surface area (Å²) in [6, 6.07) is 6.42. The zero-order valence-electron chi connectivity index (χ0n) is 11.6. The number of aryl methyl sites for hydroxylation is 2. The maximum Gasteiger partial charge on any atom is 0.115 e. The van der Waals surface area contributed by atoms with Gasteiger partial charge in [0.2, 0.25) is 0 Å². The molecule has 1 aromatic carbocycles. The summed E-state index contributed by atoms with van der Waals surface area (Å²) in [5, 5.41) is 4.59. The molecular formula is C15H21N3. The highest BCUT2D eigenvalue weighted by atomic mass is 15.3. The maximum atomic E-state index is 6.07. The van der Waals surface area contributed by atoms with Gasteiger partial charge in [0.25, 0.3) is 0 Å². The van der Waals surface area contributed by atoms with Crippen molar-refractivity contribution in [1.82, 2.24) is 9.78 Å². The normalized spacial score (nSPS) is 11.2. The fourth-order valence-electron chi connectivity index (χ4n) is 2.24. The number of aromatic nitrogens is 2. The van der Waals surface area contributed by atoms with Crippen LogP contribution in [0.1, 0.15) is 25.0 Å². The molecule has 0 saturated carbocycles. The van der Waals surface area contributed by atoms with Crippen LogP contribution >= 0.6 is 0 Å². The predicted octanol–water partition coefficient (Wildman–Crippen LogP) is 3.41. The zero-order valence-corrected chi connectivity index (χ0v) is 11.6. The topological polar surface area (TPSA) is 43.8 Å². The Bertz CT molecular complexity index is 533. The van der Waals surface area contributed by atoms with Crippen molar-refractivity contribution in [3.8, 4) is 11.3 Å². The molecule has 0 fully saturated rings. The molecule has 0 bridgehead atoms. The van der Waals surface area contributed by atoms with E-state index >= 15 is 0 Å². The predicted molar refractivity (Wildman–Crippen MR) is 76.4 cm³/mol. The molecule has 2 N–H and O–H groups in total. The van der Waals surface area contributed by atoms with Crippen LogP contribution in [-0.4, -0.2) is 9.78 Å². The van der Waals surface area contributed by atoms with E-state index in [2.05, 4.69) is 51.0 Å². The Balaban J connectivity index is 2.41. The average Bonchev–Trinajstić information content (AvgIpc) is 2.56. The van der Waals surface area contributed by atoms with Crippen LogP contribution < -0.4 is 5.73 Å². The number of nitrogens with two attached hydrogens (primary N) is 1. The van der Waals surface area contributed by atoms with Crippen molar-refractivity contribution in [3.05, 3.63) is 35.5 Å². The first kappa shape index (κ1) is 12.7. The Morgan fingerprint density at radius 2 is 1.78 bits per heavy atom. The molecule has 2 rings (SSSR count). The SMILES string of the molecule is Cc1cc(C)cc(-c2nn(CC(C)C)cc2N)c1. The number of nitrogen functional groups attached to an aromatic ring is 1. The van der Waals surface area contributed by atoms with Crippen molar-refractivity contribution in [2.45, 2.75) is 34.2 Å². The molecule has 2 aromatic rings. The number of rotatable bonds is 3. The summed E-state index contributed by atoms with van der Waals surface area (Å²) in [4.78, 5) is 0. The van der Waals surface area contributed by atoms with Gasteiger partial charge >= 0.3 is 0 Å². The van der Waals surface area contributed by atoms with Gasteiger partial charge in [-0.1, -0.05) is 31.0 Å². The first-order valence-corrected chi connectivity index (χ1v) is 6.37. The molecule has 0 aliphatic heterocycles. The van der Waals surface area contributed by atoms with Gasteiger partial charge in [0.05, 0.1) is 5.69 Å². The second kappa shape index (κ2) is 4.84. The summed E-state index contributed by atoms with van der Waals surface area (Å²) in [5.74, 6) is 0.566. The van der Waals surface area contributed by atoms with Crippen LogP contribution in [0.5, 0.6) is 0 Å². The Morgan fingerprint density at radius 1 is 1.17 bits per heavy atom. The van der Waals surface area contributed by atoms with Crippen LogP contribution in [0.3, 0.4) is 0 Å². The second-order valence-electron chi connectivity index (χ2n) is 5.43. The van der Waals surface area contributed by atoms with E-state index in [4.69, 9.17) is 5.73 Å². The van der Waals surface area contributed by atoms with Crippen molar-refractivity contribution in [3.63, 3.8) is 0 Å². The average molecular weight is 243 g/mol. The Morgan fingerprint density at radius 3 is 2.33 bits per heavy atom. The van der Waals surface area contributed by atoms with Gasteiger partial charge in [-0.15, -0.1) is 0 Å². The first-order valence-electron chi connectivity index (χ1n) is 6.37. The molecule has 3 heteroatoms. The quantitative estimate of drug-likeness (QED) is 0.897. The molecule has 1 aromatic heterocycles. The van der Waals surface area contributed by atoms with Gasteiger partial charge in [-0.3, -0.25) is 4.68 Å². The highest BCUT2D eigenvalue weighted by Gasteiger charge is 2.10. The molecule has 0 aliphatic rings. The van der Waals surface area contributed by atoms with Gasteiger partial charge in [0.1, 0.15) is 5.69 Å². The van der Waals surface area contributed by atoms with Crippen molar-refractivity contribution in [2.75, 3.05) is 5.73 Å². The van der Waals surface area contributed by atoms with Gasteiger partial charge in [0.15, 0.2) is 0 Å². The molecule has 0 saturated heterocycles. The third-order valence-corrected chi connectivity index (χ3v) is 2.84. The summed E-state index contributed by atoms with van der Waals surface area (Å²) in [7, 11) is 0. The van der Waals surface area contributed by atoms with Gasteiger partial charge in [-0.2, -0.15) is 5.10 Å². The lowest BCUT2D eigenvalue weighted by atomic mass is 10.0. The number of hydrogen-bond acceptors (Lipinski definition) is 2. The van der Waals surface area contributed by atoms with E-state index in [1.165, 1.54) is 11.1 Å². The number of hydrogen-bond donors (Lipinski definition) is 1. The van der Waals surface area contributed by atoms with E-state index in [0.29, 0.717) is 5.92 Å². The Hall–Kier alpha value is -1.77. The molecule has 0 amide bonds. The molecule has 1 heterocycles. The van der Waals surface area contributed by atoms with Crippen LogP contribution in [0.15, 0.2) is 24.4 Å². The van der Waals surface area contributed by atoms with Crippen molar-refractivity contribution >= 4 is 5.69 Å². The van der Waals surface area contributed by atoms with E-state index in [1.807, 2.05) is 10.9 Å². The summed E-state index contributed by atoms with van der Waals surface area (Å²) in [6.07, 6.45) is 1.92. The highest BCUT2D eigenvalue weighted by Crippen LogP contribution is 2.26. The van der Waals surface area contributed by atoms with Crippen LogP contribution in [0.2, 0.25) is 0 Å². The zero-order chi connectivity index (χ0) is 13.3. The second-order valence-corrected chi connectivity index (χ2v) is 5.43. The van der Waals surface area contributed by atoms with E-state index in [1.54, 1.807) is 0 Å². The molecule has 96 valence electrons. The molecule has 0 radical (unpaired) electrons. The van der Waals surface area contributed by atoms with Crippen LogP contribution in [0, 0.1) is 19.8 Å². The summed E-state index contributed by atoms with van der Waals surface area (Å²) in [5.41, 5.74) is 11.3. The number of anilines is 1. The first-order chi connectivity index (χ1) is 8.45. The lowest BCUT2D eigenvalue weighted by Gasteiger charge is -2.04. The minimum atomic E-state index is 0.566.